The molecule has 210 valence electrons. The first-order valence-corrected chi connectivity index (χ1v) is 14.8. The molecule has 3 aromatic carbocycles. The Bertz CT molecular complexity index is 1720. The van der Waals surface area contributed by atoms with E-state index in [1.54, 1.807) is 12.1 Å². The predicted molar refractivity (Wildman–Crippen MR) is 160 cm³/mol. The van der Waals surface area contributed by atoms with Crippen LogP contribution in [0.2, 0.25) is 5.02 Å². The van der Waals surface area contributed by atoms with Crippen molar-refractivity contribution >= 4 is 39.9 Å². The summed E-state index contributed by atoms with van der Waals surface area (Å²) in [6.45, 7) is 2.88. The van der Waals surface area contributed by atoms with Gasteiger partial charge >= 0.3 is 5.69 Å². The van der Waals surface area contributed by atoms with Crippen LogP contribution in [0.4, 0.5) is 4.39 Å². The summed E-state index contributed by atoms with van der Waals surface area (Å²) in [6, 6.07) is 22.0. The van der Waals surface area contributed by atoms with E-state index in [0.717, 1.165) is 27.2 Å². The van der Waals surface area contributed by atoms with Crippen molar-refractivity contribution in [1.29, 1.82) is 0 Å². The fourth-order valence-electron chi connectivity index (χ4n) is 5.51. The number of rotatable bonds is 8. The number of thiazole rings is 1. The maximum Gasteiger partial charge on any atom is 0.326 e. The Balaban J connectivity index is 1.12. The summed E-state index contributed by atoms with van der Waals surface area (Å²) in [7, 11) is 0. The lowest BCUT2D eigenvalue weighted by atomic mass is 10.0. The molecule has 0 atom stereocenters. The van der Waals surface area contributed by atoms with Crippen LogP contribution in [0.1, 0.15) is 45.5 Å². The SMILES string of the molecule is O=C(c1csc(CN(Cc2ccc(F)cc2)Cc2cccc(Cl)c2)n1)N1CCC(n2c(=O)[nH]c3ccccc32)CC1. The van der Waals surface area contributed by atoms with Gasteiger partial charge in [0.15, 0.2) is 0 Å². The van der Waals surface area contributed by atoms with E-state index in [9.17, 15) is 14.0 Å². The molecule has 1 aliphatic heterocycles. The number of aromatic amines is 1. The van der Waals surface area contributed by atoms with Gasteiger partial charge in [-0.1, -0.05) is 48.0 Å². The van der Waals surface area contributed by atoms with E-state index >= 15 is 0 Å². The molecule has 1 aliphatic rings. The van der Waals surface area contributed by atoms with Gasteiger partial charge < -0.3 is 9.88 Å². The van der Waals surface area contributed by atoms with Gasteiger partial charge in [-0.3, -0.25) is 14.3 Å². The van der Waals surface area contributed by atoms with Crippen molar-refractivity contribution in [2.24, 2.45) is 0 Å². The molecule has 0 unspecified atom stereocenters. The van der Waals surface area contributed by atoms with E-state index < -0.39 is 0 Å². The minimum Gasteiger partial charge on any atom is -0.337 e. The van der Waals surface area contributed by atoms with Crippen LogP contribution < -0.4 is 5.69 Å². The number of halogens is 2. The smallest absolute Gasteiger partial charge is 0.326 e. The molecule has 0 aliphatic carbocycles. The quantitative estimate of drug-likeness (QED) is 0.232. The first-order valence-electron chi connectivity index (χ1n) is 13.6. The third kappa shape index (κ3) is 6.27. The second-order valence-electron chi connectivity index (χ2n) is 10.4. The third-order valence-electron chi connectivity index (χ3n) is 7.49. The van der Waals surface area contributed by atoms with Crippen molar-refractivity contribution in [1.82, 2.24) is 24.3 Å². The molecule has 2 aromatic heterocycles. The van der Waals surface area contributed by atoms with Crippen LogP contribution in [0.5, 0.6) is 0 Å². The summed E-state index contributed by atoms with van der Waals surface area (Å²) in [5.41, 5.74) is 4.10. The van der Waals surface area contributed by atoms with Crippen LogP contribution in [0.3, 0.4) is 0 Å². The maximum absolute atomic E-state index is 13.5. The molecule has 1 amide bonds. The molecular weight excluding hydrogens is 561 g/mol. The highest BCUT2D eigenvalue weighted by Crippen LogP contribution is 2.26. The Labute approximate surface area is 245 Å². The first-order chi connectivity index (χ1) is 19.9. The average Bonchev–Trinajstić information content (AvgIpc) is 3.57. The summed E-state index contributed by atoms with van der Waals surface area (Å²) >= 11 is 7.68. The molecule has 1 saturated heterocycles. The number of hydrogen-bond donors (Lipinski definition) is 1. The lowest BCUT2D eigenvalue weighted by Crippen LogP contribution is -2.40. The summed E-state index contributed by atoms with van der Waals surface area (Å²) in [6.07, 6.45) is 1.41. The fourth-order valence-corrected chi connectivity index (χ4v) is 6.53. The number of carbonyl (C=O) groups excluding carboxylic acids is 1. The zero-order chi connectivity index (χ0) is 28.3. The van der Waals surface area contributed by atoms with Crippen LogP contribution in [0, 0.1) is 5.82 Å². The highest BCUT2D eigenvalue weighted by atomic mass is 35.5. The largest absolute Gasteiger partial charge is 0.337 e. The molecule has 41 heavy (non-hydrogen) atoms. The number of piperidine rings is 1. The number of likely N-dealkylation sites (tertiary alicyclic amines) is 1. The lowest BCUT2D eigenvalue weighted by molar-refractivity contribution is 0.0689. The standard InChI is InChI=1S/C31H29ClFN5O2S/c32-23-5-3-4-22(16-23)18-36(17-21-8-10-24(33)11-9-21)19-29-34-27(20-41-29)30(39)37-14-12-25(13-15-37)38-28-7-2-1-6-26(28)35-31(38)40/h1-11,16,20,25H,12-15,17-19H2,(H,35,40). The van der Waals surface area contributed by atoms with Crippen molar-refractivity contribution in [2.75, 3.05) is 13.1 Å². The lowest BCUT2D eigenvalue weighted by Gasteiger charge is -2.32. The zero-order valence-electron chi connectivity index (χ0n) is 22.3. The summed E-state index contributed by atoms with van der Waals surface area (Å²) < 4.78 is 15.3. The van der Waals surface area contributed by atoms with Gasteiger partial charge in [-0.25, -0.2) is 14.2 Å². The topological polar surface area (TPSA) is 74.2 Å². The van der Waals surface area contributed by atoms with E-state index in [1.807, 2.05) is 63.4 Å². The Morgan fingerprint density at radius 1 is 1.00 bits per heavy atom. The highest BCUT2D eigenvalue weighted by molar-refractivity contribution is 7.09. The van der Waals surface area contributed by atoms with Gasteiger partial charge in [0.25, 0.3) is 5.91 Å². The predicted octanol–water partition coefficient (Wildman–Crippen LogP) is 6.26. The van der Waals surface area contributed by atoms with Crippen LogP contribution in [-0.4, -0.2) is 43.3 Å². The molecule has 0 saturated carbocycles. The second kappa shape index (κ2) is 12.0. The number of fused-ring (bicyclic) bond motifs is 1. The van der Waals surface area contributed by atoms with Gasteiger partial charge in [-0.2, -0.15) is 0 Å². The number of para-hydroxylation sites is 2. The van der Waals surface area contributed by atoms with E-state index in [-0.39, 0.29) is 23.5 Å². The molecule has 0 radical (unpaired) electrons. The van der Waals surface area contributed by atoms with Crippen LogP contribution in [0.15, 0.2) is 83.0 Å². The minimum absolute atomic E-state index is 0.0419. The highest BCUT2D eigenvalue weighted by Gasteiger charge is 2.28. The average molecular weight is 590 g/mol. The molecular formula is C31H29ClFN5O2S. The van der Waals surface area contributed by atoms with Crippen molar-refractivity contribution in [2.45, 2.75) is 38.5 Å². The first kappa shape index (κ1) is 27.4. The summed E-state index contributed by atoms with van der Waals surface area (Å²) in [5.74, 6) is -0.354. The number of nitrogens with one attached hydrogen (secondary N) is 1. The Morgan fingerprint density at radius 2 is 1.76 bits per heavy atom. The van der Waals surface area contributed by atoms with E-state index in [1.165, 1.54) is 23.5 Å². The van der Waals surface area contributed by atoms with E-state index in [0.29, 0.717) is 56.3 Å². The number of aromatic nitrogens is 3. The Morgan fingerprint density at radius 3 is 2.54 bits per heavy atom. The van der Waals surface area contributed by atoms with Crippen molar-refractivity contribution in [3.8, 4) is 0 Å². The van der Waals surface area contributed by atoms with Crippen molar-refractivity contribution in [3.63, 3.8) is 0 Å². The molecule has 7 nitrogen and oxygen atoms in total. The molecule has 6 rings (SSSR count). The van der Waals surface area contributed by atoms with E-state index in [2.05, 4.69) is 9.88 Å². The molecule has 5 aromatic rings. The zero-order valence-corrected chi connectivity index (χ0v) is 23.9. The van der Waals surface area contributed by atoms with E-state index in [4.69, 9.17) is 16.6 Å². The fraction of sp³-hybridized carbons (Fsp3) is 0.258. The van der Waals surface area contributed by atoms with Crippen LogP contribution >= 0.6 is 22.9 Å². The Kier molecular flexibility index (Phi) is 8.00. The van der Waals surface area contributed by atoms with Crippen LogP contribution in [-0.2, 0) is 19.6 Å². The monoisotopic (exact) mass is 589 g/mol. The number of hydrogen-bond acceptors (Lipinski definition) is 5. The summed E-state index contributed by atoms with van der Waals surface area (Å²) in [5, 5.41) is 3.33. The van der Waals surface area contributed by atoms with Crippen molar-refractivity contribution < 1.29 is 9.18 Å². The summed E-state index contributed by atoms with van der Waals surface area (Å²) in [4.78, 5) is 37.6. The van der Waals surface area contributed by atoms with Crippen LogP contribution in [0.25, 0.3) is 11.0 Å². The van der Waals surface area contributed by atoms with Gasteiger partial charge in [-0.05, 0) is 60.4 Å². The molecule has 1 N–H and O–H groups in total. The van der Waals surface area contributed by atoms with Crippen molar-refractivity contribution in [3.05, 3.63) is 121 Å². The number of amides is 1. The molecule has 10 heteroatoms. The van der Waals surface area contributed by atoms with Gasteiger partial charge in [0.1, 0.15) is 16.5 Å². The molecule has 3 heterocycles. The number of imidazole rings is 1. The minimum atomic E-state index is -0.268. The second-order valence-corrected chi connectivity index (χ2v) is 11.7. The number of benzene rings is 3. The number of H-pyrrole nitrogens is 1. The Hall–Kier alpha value is -3.79. The normalized spacial score (nSPS) is 14.3. The molecule has 0 bridgehead atoms. The van der Waals surface area contributed by atoms with Gasteiger partial charge in [0.2, 0.25) is 0 Å². The van der Waals surface area contributed by atoms with Gasteiger partial charge in [0.05, 0.1) is 17.6 Å². The molecule has 0 spiro atoms. The number of nitrogens with zero attached hydrogens (tertiary/aromatic N) is 4. The number of carbonyl (C=O) groups is 1. The third-order valence-corrected chi connectivity index (χ3v) is 8.55. The van der Waals surface area contributed by atoms with Gasteiger partial charge in [0, 0.05) is 42.6 Å². The maximum atomic E-state index is 13.5. The van der Waals surface area contributed by atoms with Gasteiger partial charge in [-0.15, -0.1) is 11.3 Å². The molecule has 1 fully saturated rings.